The molecule has 0 aliphatic heterocycles. The molecule has 0 atom stereocenters. The fourth-order valence-electron chi connectivity index (χ4n) is 3.20. The molecule has 2 N–H and O–H groups in total. The van der Waals surface area contributed by atoms with Gasteiger partial charge in [-0.15, -0.1) is 0 Å². The molecule has 0 fully saturated rings. The molecule has 9 nitrogen and oxygen atoms in total. The van der Waals surface area contributed by atoms with Crippen LogP contribution in [0.4, 0.5) is 27.5 Å². The second-order valence-electron chi connectivity index (χ2n) is 7.12. The number of hydrogen-bond acceptors (Lipinski definition) is 7. The summed E-state index contributed by atoms with van der Waals surface area (Å²) in [6, 6.07) is 26.5. The largest absolute Gasteiger partial charge is 0.453 e. The van der Waals surface area contributed by atoms with Crippen molar-refractivity contribution in [3.8, 4) is 23.0 Å². The van der Waals surface area contributed by atoms with E-state index in [1.165, 1.54) is 12.2 Å². The minimum Gasteiger partial charge on any atom is -0.453 e. The number of urea groups is 1. The maximum Gasteiger partial charge on any atom is 0.323 e. The fourth-order valence-corrected chi connectivity index (χ4v) is 3.20. The molecule has 0 saturated heterocycles. The summed E-state index contributed by atoms with van der Waals surface area (Å²) in [6.45, 7) is 0. The highest BCUT2D eigenvalue weighted by Gasteiger charge is 2.13. The lowest BCUT2D eigenvalue weighted by molar-refractivity contribution is 0.262. The van der Waals surface area contributed by atoms with Crippen LogP contribution in [0.1, 0.15) is 0 Å². The first-order valence-electron chi connectivity index (χ1n) is 10.6. The zero-order valence-electron chi connectivity index (χ0n) is 18.7. The number of para-hydroxylation sites is 8. The van der Waals surface area contributed by atoms with Crippen molar-refractivity contribution in [1.82, 2.24) is 0 Å². The quantitative estimate of drug-likeness (QED) is 0.212. The number of rotatable bonds is 8. The first-order chi connectivity index (χ1) is 17.7. The van der Waals surface area contributed by atoms with Crippen molar-refractivity contribution in [2.45, 2.75) is 0 Å². The number of ether oxygens (including phenoxy) is 2. The van der Waals surface area contributed by atoms with E-state index in [4.69, 9.17) is 9.47 Å². The van der Waals surface area contributed by atoms with E-state index in [9.17, 15) is 14.4 Å². The highest BCUT2D eigenvalue weighted by Crippen LogP contribution is 2.36. The summed E-state index contributed by atoms with van der Waals surface area (Å²) in [4.78, 5) is 41.6. The SMILES string of the molecule is O=C=Nc1ccccc1Oc1ccccc1NC(=O)Nc1ccccc1Oc1ccccc1N=C=O. The third kappa shape index (κ3) is 5.89. The average molecular weight is 478 g/mol. The maximum atomic E-state index is 12.9. The lowest BCUT2D eigenvalue weighted by Gasteiger charge is -2.15. The Balaban J connectivity index is 1.52. The number of carbonyl (C=O) groups excluding carboxylic acids is 3. The molecule has 0 bridgehead atoms. The van der Waals surface area contributed by atoms with Gasteiger partial charge in [0.1, 0.15) is 11.4 Å². The van der Waals surface area contributed by atoms with Crippen molar-refractivity contribution in [3.05, 3.63) is 97.1 Å². The summed E-state index contributed by atoms with van der Waals surface area (Å²) in [5.74, 6) is 1.33. The van der Waals surface area contributed by atoms with Gasteiger partial charge in [-0.05, 0) is 48.5 Å². The second kappa shape index (κ2) is 11.6. The topological polar surface area (TPSA) is 118 Å². The number of nitrogens with one attached hydrogen (secondary N) is 2. The van der Waals surface area contributed by atoms with Crippen LogP contribution in [0.5, 0.6) is 23.0 Å². The number of amides is 2. The van der Waals surface area contributed by atoms with Crippen molar-refractivity contribution >= 4 is 40.9 Å². The number of isocyanates is 2. The van der Waals surface area contributed by atoms with Gasteiger partial charge in [-0.2, -0.15) is 9.98 Å². The van der Waals surface area contributed by atoms with Gasteiger partial charge in [0.15, 0.2) is 23.0 Å². The molecule has 0 aliphatic carbocycles. The summed E-state index contributed by atoms with van der Waals surface area (Å²) in [7, 11) is 0. The van der Waals surface area contributed by atoms with Gasteiger partial charge in [0.05, 0.1) is 11.4 Å². The summed E-state index contributed by atoms with van der Waals surface area (Å²) in [5, 5.41) is 5.49. The number of nitrogens with zero attached hydrogens (tertiary/aromatic N) is 2. The third-order valence-electron chi connectivity index (χ3n) is 4.77. The number of aliphatic imine (C=N–C) groups is 2. The number of anilines is 2. The van der Waals surface area contributed by atoms with Crippen molar-refractivity contribution in [2.75, 3.05) is 10.6 Å². The lowest BCUT2D eigenvalue weighted by Crippen LogP contribution is -2.20. The second-order valence-corrected chi connectivity index (χ2v) is 7.12. The molecule has 0 radical (unpaired) electrons. The normalized spacial score (nSPS) is 9.78. The monoisotopic (exact) mass is 478 g/mol. The molecule has 9 heteroatoms. The molecule has 0 unspecified atom stereocenters. The number of carbonyl (C=O) groups is 1. The lowest BCUT2D eigenvalue weighted by atomic mass is 10.2. The molecule has 0 saturated carbocycles. The molecule has 0 aromatic heterocycles. The van der Waals surface area contributed by atoms with Crippen LogP contribution in [0.15, 0.2) is 107 Å². The third-order valence-corrected chi connectivity index (χ3v) is 4.77. The van der Waals surface area contributed by atoms with Crippen LogP contribution < -0.4 is 20.1 Å². The van der Waals surface area contributed by atoms with E-state index in [0.29, 0.717) is 45.7 Å². The van der Waals surface area contributed by atoms with Gasteiger partial charge in [0, 0.05) is 0 Å². The zero-order chi connectivity index (χ0) is 25.2. The van der Waals surface area contributed by atoms with E-state index in [-0.39, 0.29) is 0 Å². The van der Waals surface area contributed by atoms with E-state index >= 15 is 0 Å². The summed E-state index contributed by atoms with van der Waals surface area (Å²) in [5.41, 5.74) is 1.36. The standard InChI is InChI=1S/C27H18N4O5/c32-17-28-19-9-1-5-13-23(19)35-25-15-7-3-11-21(25)30-27(34)31-22-12-4-8-16-26(22)36-24-14-6-2-10-20(24)29-18-33/h1-16H,(H2,30,31,34). The van der Waals surface area contributed by atoms with Gasteiger partial charge >= 0.3 is 6.03 Å². The predicted molar refractivity (Wildman–Crippen MR) is 134 cm³/mol. The van der Waals surface area contributed by atoms with Gasteiger partial charge in [0.25, 0.3) is 0 Å². The highest BCUT2D eigenvalue weighted by atomic mass is 16.5. The van der Waals surface area contributed by atoms with Crippen molar-refractivity contribution < 1.29 is 23.9 Å². The van der Waals surface area contributed by atoms with Crippen molar-refractivity contribution in [2.24, 2.45) is 9.98 Å². The molecule has 4 aromatic carbocycles. The zero-order valence-corrected chi connectivity index (χ0v) is 18.7. The van der Waals surface area contributed by atoms with Crippen LogP contribution in [-0.4, -0.2) is 18.2 Å². The molecule has 4 rings (SSSR count). The molecule has 2 amide bonds. The Morgan fingerprint density at radius 1 is 0.556 bits per heavy atom. The average Bonchev–Trinajstić information content (AvgIpc) is 2.89. The van der Waals surface area contributed by atoms with Crippen LogP contribution in [0.25, 0.3) is 0 Å². The Morgan fingerprint density at radius 2 is 0.917 bits per heavy atom. The minimum atomic E-state index is -0.555. The van der Waals surface area contributed by atoms with E-state index in [0.717, 1.165) is 0 Å². The Labute approximate surface area is 205 Å². The van der Waals surface area contributed by atoms with Crippen LogP contribution >= 0.6 is 0 Å². The van der Waals surface area contributed by atoms with Crippen LogP contribution in [0, 0.1) is 0 Å². The van der Waals surface area contributed by atoms with Gasteiger partial charge in [-0.3, -0.25) is 0 Å². The molecule has 0 aliphatic rings. The van der Waals surface area contributed by atoms with E-state index < -0.39 is 6.03 Å². The van der Waals surface area contributed by atoms with Crippen LogP contribution in [-0.2, 0) is 9.59 Å². The molecule has 4 aromatic rings. The van der Waals surface area contributed by atoms with E-state index in [1.807, 2.05) is 0 Å². The van der Waals surface area contributed by atoms with Gasteiger partial charge in [-0.25, -0.2) is 14.4 Å². The smallest absolute Gasteiger partial charge is 0.323 e. The van der Waals surface area contributed by atoms with Crippen LogP contribution in [0.3, 0.4) is 0 Å². The number of hydrogen-bond donors (Lipinski definition) is 2. The Kier molecular flexibility index (Phi) is 7.61. The molecule has 0 heterocycles. The molecule has 0 spiro atoms. The van der Waals surface area contributed by atoms with Gasteiger partial charge < -0.3 is 20.1 Å². The van der Waals surface area contributed by atoms with Gasteiger partial charge in [-0.1, -0.05) is 48.5 Å². The Morgan fingerprint density at radius 3 is 1.33 bits per heavy atom. The Bertz CT molecular complexity index is 1380. The Hall–Kier alpha value is -5.49. The summed E-state index contributed by atoms with van der Waals surface area (Å²) in [6.07, 6.45) is 2.99. The van der Waals surface area contributed by atoms with Gasteiger partial charge in [0.2, 0.25) is 12.2 Å². The van der Waals surface area contributed by atoms with E-state index in [1.54, 1.807) is 97.1 Å². The first-order valence-corrected chi connectivity index (χ1v) is 10.6. The minimum absolute atomic E-state index is 0.303. The summed E-state index contributed by atoms with van der Waals surface area (Å²) >= 11 is 0. The molecular weight excluding hydrogens is 460 g/mol. The predicted octanol–water partition coefficient (Wildman–Crippen LogP) is 6.85. The molecule has 36 heavy (non-hydrogen) atoms. The van der Waals surface area contributed by atoms with Crippen molar-refractivity contribution in [3.63, 3.8) is 0 Å². The molecular formula is C27H18N4O5. The first kappa shape index (κ1) is 23.7. The van der Waals surface area contributed by atoms with Crippen molar-refractivity contribution in [1.29, 1.82) is 0 Å². The van der Waals surface area contributed by atoms with Crippen LogP contribution in [0.2, 0.25) is 0 Å². The van der Waals surface area contributed by atoms with E-state index in [2.05, 4.69) is 20.6 Å². The fraction of sp³-hybridized carbons (Fsp3) is 0. The molecule has 176 valence electrons. The summed E-state index contributed by atoms with van der Waals surface area (Å²) < 4.78 is 11.8. The maximum absolute atomic E-state index is 12.9. The highest BCUT2D eigenvalue weighted by molar-refractivity contribution is 6.01. The number of benzene rings is 4.